The monoisotopic (exact) mass is 560 g/mol. The van der Waals surface area contributed by atoms with Crippen LogP contribution in [0.4, 0.5) is 20.3 Å². The fourth-order valence-corrected chi connectivity index (χ4v) is 5.40. The number of nitrogens with one attached hydrogen (secondary N) is 2. The first-order valence-electron chi connectivity index (χ1n) is 13.4. The highest BCUT2D eigenvalue weighted by molar-refractivity contribution is 5.96. The van der Waals surface area contributed by atoms with E-state index in [0.29, 0.717) is 67.6 Å². The molecule has 211 valence electrons. The Morgan fingerprint density at radius 1 is 1.12 bits per heavy atom. The number of piperazine rings is 1. The summed E-state index contributed by atoms with van der Waals surface area (Å²) in [5.41, 5.74) is 2.84. The van der Waals surface area contributed by atoms with Gasteiger partial charge in [0.05, 0.1) is 24.0 Å². The number of rotatable bonds is 5. The minimum atomic E-state index is -1.06. The van der Waals surface area contributed by atoms with Crippen molar-refractivity contribution in [2.75, 3.05) is 38.0 Å². The second kappa shape index (κ2) is 10.9. The number of aliphatic hydroxyl groups is 1. The van der Waals surface area contributed by atoms with Gasteiger partial charge in [-0.05, 0) is 43.2 Å². The SMILES string of the molecule is Cc1cc(Nc2nccn3c(-c4cc[c]c(F)c4F)cnc23)ccc1C(=O)N1CCN(C(=O)[C@@H]2C[C@@H](O)CN2)CC1. The highest BCUT2D eigenvalue weighted by Crippen LogP contribution is 2.28. The summed E-state index contributed by atoms with van der Waals surface area (Å²) in [6.07, 6.45) is 4.51. The molecule has 2 aliphatic heterocycles. The lowest BCUT2D eigenvalue weighted by Crippen LogP contribution is -2.54. The number of hydrogen-bond acceptors (Lipinski definition) is 7. The van der Waals surface area contributed by atoms with Gasteiger partial charge in [0, 0.05) is 68.0 Å². The summed E-state index contributed by atoms with van der Waals surface area (Å²) in [6, 6.07) is 9.94. The molecule has 6 rings (SSSR count). The Morgan fingerprint density at radius 3 is 2.63 bits per heavy atom. The molecule has 2 aliphatic rings. The van der Waals surface area contributed by atoms with Crippen LogP contribution in [-0.4, -0.2) is 86.0 Å². The number of aromatic nitrogens is 3. The number of aliphatic hydroxyl groups excluding tert-OH is 1. The molecular weight excluding hydrogens is 532 g/mol. The van der Waals surface area contributed by atoms with Crippen molar-refractivity contribution >= 4 is 29.0 Å². The lowest BCUT2D eigenvalue weighted by Gasteiger charge is -2.36. The normalized spacial score (nSPS) is 19.1. The molecule has 1 radical (unpaired) electrons. The summed E-state index contributed by atoms with van der Waals surface area (Å²) in [4.78, 5) is 38.2. The van der Waals surface area contributed by atoms with E-state index in [1.54, 1.807) is 32.5 Å². The van der Waals surface area contributed by atoms with E-state index < -0.39 is 17.7 Å². The number of fused-ring (bicyclic) bond motifs is 1. The molecular formula is C29H28F2N7O3. The molecule has 0 saturated carbocycles. The molecule has 3 N–H and O–H groups in total. The van der Waals surface area contributed by atoms with Gasteiger partial charge in [-0.15, -0.1) is 0 Å². The Hall–Kier alpha value is -4.42. The van der Waals surface area contributed by atoms with Crippen molar-refractivity contribution in [1.29, 1.82) is 0 Å². The predicted octanol–water partition coefficient (Wildman–Crippen LogP) is 2.53. The summed E-state index contributed by atoms with van der Waals surface area (Å²) in [5.74, 6) is -1.80. The van der Waals surface area contributed by atoms with Crippen LogP contribution >= 0.6 is 0 Å². The average Bonchev–Trinajstić information content (AvgIpc) is 3.61. The second-order valence-electron chi connectivity index (χ2n) is 10.3. The lowest BCUT2D eigenvalue weighted by molar-refractivity contribution is -0.134. The molecule has 0 unspecified atom stereocenters. The van der Waals surface area contributed by atoms with E-state index in [4.69, 9.17) is 0 Å². The Morgan fingerprint density at radius 2 is 1.90 bits per heavy atom. The average molecular weight is 561 g/mol. The molecule has 0 spiro atoms. The van der Waals surface area contributed by atoms with Gasteiger partial charge in [-0.25, -0.2) is 18.7 Å². The number of aryl methyl sites for hydroxylation is 1. The van der Waals surface area contributed by atoms with E-state index in [-0.39, 0.29) is 23.4 Å². The first-order chi connectivity index (χ1) is 19.8. The smallest absolute Gasteiger partial charge is 0.254 e. The minimum Gasteiger partial charge on any atom is -0.392 e. The van der Waals surface area contributed by atoms with Crippen LogP contribution in [0.15, 0.2) is 48.9 Å². The molecule has 4 aromatic rings. The third-order valence-electron chi connectivity index (χ3n) is 7.60. The fraction of sp³-hybridized carbons (Fsp3) is 0.310. The number of imidazole rings is 1. The van der Waals surface area contributed by atoms with Crippen LogP contribution in [0.2, 0.25) is 0 Å². The maximum atomic E-state index is 14.4. The van der Waals surface area contributed by atoms with Crippen LogP contribution in [0.5, 0.6) is 0 Å². The molecule has 2 fully saturated rings. The summed E-state index contributed by atoms with van der Waals surface area (Å²) in [6.45, 7) is 4.01. The van der Waals surface area contributed by atoms with E-state index in [9.17, 15) is 23.5 Å². The van der Waals surface area contributed by atoms with Crippen molar-refractivity contribution in [3.8, 4) is 11.3 Å². The standard InChI is InChI=1S/C29H28F2N7O3/c1-17-13-18(35-26-27-34-16-24(38(27)8-7-32-26)21-3-2-4-22(30)25(21)31)5-6-20(17)28(40)36-9-11-37(12-10-36)29(41)23-14-19(39)15-33-23/h2-3,5-8,13,16,19,23,33,39H,9-12,14-15H2,1H3,(H,32,35)/t19-,23+/m1/s1. The number of amides is 2. The molecule has 2 amide bonds. The van der Waals surface area contributed by atoms with Crippen molar-refractivity contribution in [2.24, 2.45) is 0 Å². The van der Waals surface area contributed by atoms with E-state index in [0.717, 1.165) is 5.56 Å². The summed E-state index contributed by atoms with van der Waals surface area (Å²) < 4.78 is 29.8. The first kappa shape index (κ1) is 26.8. The van der Waals surface area contributed by atoms with Crippen LogP contribution in [0.25, 0.3) is 16.9 Å². The maximum Gasteiger partial charge on any atom is 0.254 e. The van der Waals surface area contributed by atoms with Gasteiger partial charge in [0.2, 0.25) is 5.91 Å². The van der Waals surface area contributed by atoms with Gasteiger partial charge in [0.25, 0.3) is 5.91 Å². The molecule has 2 saturated heterocycles. The van der Waals surface area contributed by atoms with Crippen molar-refractivity contribution < 1.29 is 23.5 Å². The maximum absolute atomic E-state index is 14.4. The Bertz CT molecular complexity index is 1630. The number of hydrogen-bond donors (Lipinski definition) is 3. The molecule has 41 heavy (non-hydrogen) atoms. The summed E-state index contributed by atoms with van der Waals surface area (Å²) in [5, 5.41) is 16.0. The van der Waals surface area contributed by atoms with E-state index in [1.165, 1.54) is 24.5 Å². The molecule has 2 atom stereocenters. The Balaban J connectivity index is 1.14. The number of halogens is 2. The number of carbonyl (C=O) groups is 2. The van der Waals surface area contributed by atoms with Gasteiger partial charge >= 0.3 is 0 Å². The first-order valence-corrected chi connectivity index (χ1v) is 13.4. The van der Waals surface area contributed by atoms with Crippen LogP contribution in [0.1, 0.15) is 22.3 Å². The molecule has 2 aromatic heterocycles. The van der Waals surface area contributed by atoms with Crippen molar-refractivity contribution in [1.82, 2.24) is 29.5 Å². The second-order valence-corrected chi connectivity index (χ2v) is 10.3. The fourth-order valence-electron chi connectivity index (χ4n) is 5.40. The number of nitrogens with zero attached hydrogens (tertiary/aromatic N) is 5. The molecule has 0 aliphatic carbocycles. The Kier molecular flexibility index (Phi) is 7.10. The van der Waals surface area contributed by atoms with Crippen molar-refractivity contribution in [3.63, 3.8) is 0 Å². The van der Waals surface area contributed by atoms with E-state index >= 15 is 0 Å². The van der Waals surface area contributed by atoms with Gasteiger partial charge in [-0.3, -0.25) is 14.0 Å². The van der Waals surface area contributed by atoms with Crippen LogP contribution < -0.4 is 10.6 Å². The molecule has 12 heteroatoms. The number of benzene rings is 2. The van der Waals surface area contributed by atoms with Crippen LogP contribution in [0.3, 0.4) is 0 Å². The van der Waals surface area contributed by atoms with E-state index in [1.807, 2.05) is 13.0 Å². The third-order valence-corrected chi connectivity index (χ3v) is 7.60. The quantitative estimate of drug-likeness (QED) is 0.344. The van der Waals surface area contributed by atoms with Crippen LogP contribution in [0, 0.1) is 24.6 Å². The topological polar surface area (TPSA) is 115 Å². The third kappa shape index (κ3) is 5.11. The molecule has 0 bridgehead atoms. The zero-order chi connectivity index (χ0) is 28.7. The van der Waals surface area contributed by atoms with Gasteiger partial charge in [-0.1, -0.05) is 6.07 Å². The van der Waals surface area contributed by atoms with Crippen LogP contribution in [-0.2, 0) is 4.79 Å². The number of anilines is 2. The largest absolute Gasteiger partial charge is 0.392 e. The molecule has 10 nitrogen and oxygen atoms in total. The Labute approximate surface area is 234 Å². The minimum absolute atomic E-state index is 0.0342. The zero-order valence-corrected chi connectivity index (χ0v) is 22.3. The highest BCUT2D eigenvalue weighted by atomic mass is 19.2. The molecule has 2 aromatic carbocycles. The summed E-state index contributed by atoms with van der Waals surface area (Å²) in [7, 11) is 0. The predicted molar refractivity (Wildman–Crippen MR) is 147 cm³/mol. The number of β-amino-alcohol motifs (C(OH)–C–C–N with tert-alkyl or cyclic N) is 1. The number of carbonyl (C=O) groups excluding carboxylic acids is 2. The summed E-state index contributed by atoms with van der Waals surface area (Å²) >= 11 is 0. The zero-order valence-electron chi connectivity index (χ0n) is 22.3. The van der Waals surface area contributed by atoms with Gasteiger partial charge in [0.1, 0.15) is 0 Å². The van der Waals surface area contributed by atoms with Gasteiger partial charge in [0.15, 0.2) is 23.1 Å². The van der Waals surface area contributed by atoms with Crippen molar-refractivity contribution in [2.45, 2.75) is 25.5 Å². The highest BCUT2D eigenvalue weighted by Gasteiger charge is 2.33. The lowest BCUT2D eigenvalue weighted by atomic mass is 10.1. The van der Waals surface area contributed by atoms with E-state index in [2.05, 4.69) is 26.7 Å². The molecule has 4 heterocycles. The van der Waals surface area contributed by atoms with Crippen molar-refractivity contribution in [3.05, 3.63) is 77.8 Å². The van der Waals surface area contributed by atoms with Gasteiger partial charge in [-0.2, -0.15) is 0 Å². The van der Waals surface area contributed by atoms with Gasteiger partial charge < -0.3 is 25.5 Å².